The standard InChI is InChI=1S/C42H33O3P3/c43-46(34-19-7-1-8-20-34,35-21-9-2-10-22-35)40-31-41(47(44,36-23-11-3-12-24-36)37-25-13-4-14-26-37)33-42(32-40)48(45,38-27-15-5-16-28-38)39-29-17-6-18-30-39/h1-33H. The van der Waals surface area contributed by atoms with Crippen molar-refractivity contribution in [2.24, 2.45) is 0 Å². The maximum atomic E-state index is 15.9. The highest BCUT2D eigenvalue weighted by Gasteiger charge is 2.38. The maximum absolute atomic E-state index is 15.9. The molecule has 0 heterocycles. The second kappa shape index (κ2) is 13.4. The lowest BCUT2D eigenvalue weighted by atomic mass is 10.3. The molecule has 0 radical (unpaired) electrons. The van der Waals surface area contributed by atoms with E-state index in [1.165, 1.54) is 0 Å². The van der Waals surface area contributed by atoms with Gasteiger partial charge in [0.05, 0.1) is 0 Å². The van der Waals surface area contributed by atoms with Crippen LogP contribution in [0.2, 0.25) is 0 Å². The third-order valence-corrected chi connectivity index (χ3v) is 17.8. The van der Waals surface area contributed by atoms with Gasteiger partial charge in [-0.05, 0) is 18.2 Å². The summed E-state index contributed by atoms with van der Waals surface area (Å²) in [7, 11) is -10.7. The normalized spacial score (nSPS) is 12.0. The average molecular weight is 679 g/mol. The molecule has 0 atom stereocenters. The smallest absolute Gasteiger partial charge is 0.171 e. The summed E-state index contributed by atoms with van der Waals surface area (Å²) in [5.74, 6) is 0. The first-order valence-corrected chi connectivity index (χ1v) is 20.9. The molecule has 0 fully saturated rings. The van der Waals surface area contributed by atoms with Crippen LogP contribution in [0.5, 0.6) is 0 Å². The molecule has 6 heteroatoms. The minimum atomic E-state index is -3.58. The van der Waals surface area contributed by atoms with Gasteiger partial charge in [0.15, 0.2) is 21.4 Å². The van der Waals surface area contributed by atoms with Gasteiger partial charge in [0.1, 0.15) is 0 Å². The number of benzene rings is 7. The molecule has 0 unspecified atom stereocenters. The molecule has 234 valence electrons. The van der Waals surface area contributed by atoms with Gasteiger partial charge in [0.25, 0.3) is 0 Å². The molecule has 0 bridgehead atoms. The van der Waals surface area contributed by atoms with Crippen LogP contribution in [0.4, 0.5) is 0 Å². The Hall–Kier alpha value is -4.77. The summed E-state index contributed by atoms with van der Waals surface area (Å²) >= 11 is 0. The molecular weight excluding hydrogens is 645 g/mol. The Morgan fingerprint density at radius 2 is 0.354 bits per heavy atom. The summed E-state index contributed by atoms with van der Waals surface area (Å²) < 4.78 is 47.8. The summed E-state index contributed by atoms with van der Waals surface area (Å²) in [4.78, 5) is 0. The van der Waals surface area contributed by atoms with E-state index in [0.717, 1.165) is 0 Å². The van der Waals surface area contributed by atoms with Crippen molar-refractivity contribution in [2.45, 2.75) is 0 Å². The van der Waals surface area contributed by atoms with Crippen LogP contribution in [0, 0.1) is 0 Å². The Labute approximate surface area is 282 Å². The summed E-state index contributed by atoms with van der Waals surface area (Å²) in [6.07, 6.45) is 0. The average Bonchev–Trinajstić information content (AvgIpc) is 3.18. The van der Waals surface area contributed by atoms with Gasteiger partial charge in [-0.25, -0.2) is 0 Å². The van der Waals surface area contributed by atoms with E-state index in [0.29, 0.717) is 47.7 Å². The molecule has 7 aromatic rings. The van der Waals surface area contributed by atoms with Gasteiger partial charge in [-0.15, -0.1) is 0 Å². The molecule has 48 heavy (non-hydrogen) atoms. The van der Waals surface area contributed by atoms with Gasteiger partial charge < -0.3 is 13.7 Å². The van der Waals surface area contributed by atoms with Crippen molar-refractivity contribution in [2.75, 3.05) is 0 Å². The lowest BCUT2D eigenvalue weighted by molar-refractivity contribution is 0.592. The molecule has 0 saturated heterocycles. The highest BCUT2D eigenvalue weighted by atomic mass is 31.2. The van der Waals surface area contributed by atoms with E-state index in [2.05, 4.69) is 0 Å². The SMILES string of the molecule is O=P(c1ccccc1)(c1ccccc1)c1cc(P(=O)(c2ccccc2)c2ccccc2)cc(P(=O)(c2ccccc2)c2ccccc2)c1. The van der Waals surface area contributed by atoms with Gasteiger partial charge in [-0.3, -0.25) is 0 Å². The van der Waals surface area contributed by atoms with Crippen molar-refractivity contribution in [1.29, 1.82) is 0 Å². The fourth-order valence-electron chi connectivity index (χ4n) is 6.29. The third kappa shape index (κ3) is 5.59. The lowest BCUT2D eigenvalue weighted by Crippen LogP contribution is -2.36. The van der Waals surface area contributed by atoms with Gasteiger partial charge in [-0.1, -0.05) is 182 Å². The molecule has 0 amide bonds. The predicted molar refractivity (Wildman–Crippen MR) is 205 cm³/mol. The van der Waals surface area contributed by atoms with Crippen molar-refractivity contribution in [3.05, 3.63) is 200 Å². The van der Waals surface area contributed by atoms with Crippen molar-refractivity contribution in [3.8, 4) is 0 Å². The van der Waals surface area contributed by atoms with Crippen LogP contribution in [-0.4, -0.2) is 0 Å². The Morgan fingerprint density at radius 3 is 0.500 bits per heavy atom. The molecule has 0 aliphatic heterocycles. The molecule has 0 aliphatic rings. The lowest BCUT2D eigenvalue weighted by Gasteiger charge is -2.27. The zero-order valence-corrected chi connectivity index (χ0v) is 28.8. The summed E-state index contributed by atoms with van der Waals surface area (Å²) in [6, 6.07) is 62.0. The van der Waals surface area contributed by atoms with Crippen molar-refractivity contribution >= 4 is 69.2 Å². The zero-order valence-electron chi connectivity index (χ0n) is 26.1. The van der Waals surface area contributed by atoms with Crippen LogP contribution in [0.15, 0.2) is 200 Å². The van der Waals surface area contributed by atoms with E-state index in [4.69, 9.17) is 0 Å². The number of rotatable bonds is 9. The molecule has 0 saturated carbocycles. The molecule has 3 nitrogen and oxygen atoms in total. The summed E-state index contributed by atoms with van der Waals surface area (Å²) in [6.45, 7) is 0. The fourth-order valence-corrected chi connectivity index (χ4v) is 14.8. The Morgan fingerprint density at radius 1 is 0.208 bits per heavy atom. The number of hydrogen-bond donors (Lipinski definition) is 0. The van der Waals surface area contributed by atoms with Gasteiger partial charge >= 0.3 is 0 Å². The molecule has 7 aromatic carbocycles. The largest absolute Gasteiger partial charge is 0.309 e. The van der Waals surface area contributed by atoms with Crippen LogP contribution >= 0.6 is 21.4 Å². The Bertz CT molecular complexity index is 1890. The van der Waals surface area contributed by atoms with Gasteiger partial charge in [0, 0.05) is 47.7 Å². The molecule has 0 N–H and O–H groups in total. The van der Waals surface area contributed by atoms with Crippen LogP contribution in [0.3, 0.4) is 0 Å². The third-order valence-electron chi connectivity index (χ3n) is 8.70. The minimum Gasteiger partial charge on any atom is -0.309 e. The highest BCUT2D eigenvalue weighted by molar-refractivity contribution is 7.88. The highest BCUT2D eigenvalue weighted by Crippen LogP contribution is 2.49. The van der Waals surface area contributed by atoms with E-state index < -0.39 is 21.4 Å². The van der Waals surface area contributed by atoms with E-state index in [9.17, 15) is 0 Å². The molecule has 0 aliphatic carbocycles. The van der Waals surface area contributed by atoms with E-state index >= 15 is 13.7 Å². The maximum Gasteiger partial charge on any atom is 0.171 e. The van der Waals surface area contributed by atoms with Gasteiger partial charge in [-0.2, -0.15) is 0 Å². The first-order chi connectivity index (χ1) is 23.4. The zero-order chi connectivity index (χ0) is 33.0. The second-order valence-electron chi connectivity index (χ2n) is 11.5. The van der Waals surface area contributed by atoms with E-state index in [1.54, 1.807) is 0 Å². The van der Waals surface area contributed by atoms with Crippen molar-refractivity contribution in [3.63, 3.8) is 0 Å². The molecule has 7 rings (SSSR count). The van der Waals surface area contributed by atoms with E-state index in [-0.39, 0.29) is 0 Å². The first kappa shape index (κ1) is 31.8. The predicted octanol–water partition coefficient (Wildman–Crippen LogP) is 6.60. The van der Waals surface area contributed by atoms with Crippen LogP contribution < -0.4 is 47.7 Å². The monoisotopic (exact) mass is 678 g/mol. The Kier molecular flexibility index (Phi) is 8.87. The van der Waals surface area contributed by atoms with Crippen molar-refractivity contribution in [1.82, 2.24) is 0 Å². The molecule has 0 spiro atoms. The van der Waals surface area contributed by atoms with Crippen LogP contribution in [0.1, 0.15) is 0 Å². The summed E-state index contributed by atoms with van der Waals surface area (Å²) in [5, 5.41) is 5.28. The van der Waals surface area contributed by atoms with Crippen LogP contribution in [-0.2, 0) is 13.7 Å². The Balaban J connectivity index is 1.64. The quantitative estimate of drug-likeness (QED) is 0.162. The first-order valence-electron chi connectivity index (χ1n) is 15.8. The fraction of sp³-hybridized carbons (Fsp3) is 0. The van der Waals surface area contributed by atoms with Crippen LogP contribution in [0.25, 0.3) is 0 Å². The van der Waals surface area contributed by atoms with Gasteiger partial charge in [0.2, 0.25) is 0 Å². The number of hydrogen-bond acceptors (Lipinski definition) is 3. The van der Waals surface area contributed by atoms with Crippen molar-refractivity contribution < 1.29 is 13.7 Å². The van der Waals surface area contributed by atoms with E-state index in [1.807, 2.05) is 200 Å². The minimum absolute atomic E-state index is 0.478. The topological polar surface area (TPSA) is 51.2 Å². The second-order valence-corrected chi connectivity index (χ2v) is 19.9. The molecule has 0 aromatic heterocycles. The summed E-state index contributed by atoms with van der Waals surface area (Å²) in [5.41, 5.74) is 0. The molecular formula is C42H33O3P3.